The number of benzene rings is 1. The number of hydrogen-bond donors (Lipinski definition) is 1. The molecule has 0 atom stereocenters. The fourth-order valence-corrected chi connectivity index (χ4v) is 3.47. The zero-order chi connectivity index (χ0) is 13.7. The molecule has 4 rings (SSSR count). The van der Waals surface area contributed by atoms with Gasteiger partial charge in [-0.05, 0) is 25.0 Å². The van der Waals surface area contributed by atoms with Crippen LogP contribution in [-0.4, -0.2) is 27.5 Å². The van der Waals surface area contributed by atoms with Crippen LogP contribution in [0.5, 0.6) is 0 Å². The van der Waals surface area contributed by atoms with Gasteiger partial charge in [-0.15, -0.1) is 0 Å². The minimum atomic E-state index is -0.673. The Balaban J connectivity index is 1.75. The molecule has 1 aliphatic carbocycles. The quantitative estimate of drug-likeness (QED) is 0.857. The summed E-state index contributed by atoms with van der Waals surface area (Å²) in [6.45, 7) is 1.49. The zero-order valence-electron chi connectivity index (χ0n) is 11.4. The first-order valence-electron chi connectivity index (χ1n) is 7.25. The summed E-state index contributed by atoms with van der Waals surface area (Å²) in [5, 5.41) is 0. The van der Waals surface area contributed by atoms with Crippen LogP contribution in [0.2, 0.25) is 0 Å². The van der Waals surface area contributed by atoms with Crippen molar-refractivity contribution in [3.8, 4) is 0 Å². The van der Waals surface area contributed by atoms with Gasteiger partial charge in [-0.25, -0.2) is 4.98 Å². The summed E-state index contributed by atoms with van der Waals surface area (Å²) in [5.74, 6) is 0.803. The van der Waals surface area contributed by atoms with Crippen molar-refractivity contribution in [3.63, 3.8) is 0 Å². The lowest BCUT2D eigenvalue weighted by atomic mass is 9.97. The van der Waals surface area contributed by atoms with Gasteiger partial charge in [0.15, 0.2) is 0 Å². The molecule has 0 bridgehead atoms. The number of amides is 1. The Labute approximate surface area is 117 Å². The average molecular weight is 270 g/mol. The number of nitrogens with zero attached hydrogens (tertiary/aromatic N) is 3. The largest absolute Gasteiger partial charge is 0.317 e. The van der Waals surface area contributed by atoms with Crippen molar-refractivity contribution in [2.75, 3.05) is 11.4 Å². The number of para-hydroxylation sites is 2. The maximum atomic E-state index is 12.8. The van der Waals surface area contributed by atoms with Crippen LogP contribution in [0.25, 0.3) is 11.0 Å². The summed E-state index contributed by atoms with van der Waals surface area (Å²) in [4.78, 5) is 19.2. The maximum absolute atomic E-state index is 12.8. The number of imidazole rings is 1. The number of rotatable bonds is 1. The van der Waals surface area contributed by atoms with Crippen LogP contribution in [-0.2, 0) is 11.3 Å². The molecular weight excluding hydrogens is 252 g/mol. The van der Waals surface area contributed by atoms with Gasteiger partial charge in [0.05, 0.1) is 16.6 Å². The second-order valence-electron chi connectivity index (χ2n) is 5.87. The van der Waals surface area contributed by atoms with Crippen LogP contribution in [0.15, 0.2) is 24.3 Å². The van der Waals surface area contributed by atoms with Crippen LogP contribution < -0.4 is 10.6 Å². The Bertz CT molecular complexity index is 684. The summed E-state index contributed by atoms with van der Waals surface area (Å²) >= 11 is 0. The van der Waals surface area contributed by atoms with Crippen LogP contribution in [0.4, 0.5) is 5.95 Å². The van der Waals surface area contributed by atoms with Crippen molar-refractivity contribution in [2.45, 2.75) is 37.8 Å². The van der Waals surface area contributed by atoms with E-state index < -0.39 is 5.54 Å². The number of hydrogen-bond acceptors (Lipinski definition) is 3. The first kappa shape index (κ1) is 11.9. The van der Waals surface area contributed by atoms with Crippen LogP contribution in [0.1, 0.15) is 25.7 Å². The van der Waals surface area contributed by atoms with Crippen molar-refractivity contribution in [3.05, 3.63) is 24.3 Å². The molecule has 1 aromatic carbocycles. The fourth-order valence-electron chi connectivity index (χ4n) is 3.47. The predicted molar refractivity (Wildman–Crippen MR) is 77.5 cm³/mol. The second kappa shape index (κ2) is 4.06. The molecule has 20 heavy (non-hydrogen) atoms. The molecule has 0 unspecified atom stereocenters. The van der Waals surface area contributed by atoms with Gasteiger partial charge in [-0.1, -0.05) is 25.0 Å². The third-order valence-electron chi connectivity index (χ3n) is 4.59. The van der Waals surface area contributed by atoms with Crippen molar-refractivity contribution >= 4 is 22.9 Å². The molecule has 2 aromatic rings. The zero-order valence-corrected chi connectivity index (χ0v) is 11.4. The lowest BCUT2D eigenvalue weighted by Gasteiger charge is -2.27. The van der Waals surface area contributed by atoms with E-state index in [0.717, 1.165) is 49.2 Å². The van der Waals surface area contributed by atoms with Crippen LogP contribution in [0, 0.1) is 0 Å². The van der Waals surface area contributed by atoms with E-state index in [0.29, 0.717) is 6.54 Å². The Kier molecular flexibility index (Phi) is 2.41. The maximum Gasteiger partial charge on any atom is 0.249 e. The smallest absolute Gasteiger partial charge is 0.249 e. The minimum Gasteiger partial charge on any atom is -0.317 e. The van der Waals surface area contributed by atoms with E-state index in [4.69, 9.17) is 5.73 Å². The molecule has 1 aliphatic heterocycles. The molecule has 1 fully saturated rings. The van der Waals surface area contributed by atoms with Gasteiger partial charge in [0.25, 0.3) is 0 Å². The summed E-state index contributed by atoms with van der Waals surface area (Å²) in [6, 6.07) is 8.01. The average Bonchev–Trinajstić information content (AvgIpc) is 3.13. The molecule has 104 valence electrons. The van der Waals surface area contributed by atoms with Gasteiger partial charge < -0.3 is 10.3 Å². The van der Waals surface area contributed by atoms with Gasteiger partial charge in [0.1, 0.15) is 0 Å². The standard InChI is InChI=1S/C15H18N4O/c16-15(7-3-4-8-15)13(20)19-10-9-18-12-6-2-1-5-11(12)17-14(18)19/h1-2,5-6H,3-4,7-10,16H2. The van der Waals surface area contributed by atoms with Crippen molar-refractivity contribution in [1.82, 2.24) is 9.55 Å². The van der Waals surface area contributed by atoms with Crippen molar-refractivity contribution in [2.24, 2.45) is 5.73 Å². The van der Waals surface area contributed by atoms with E-state index in [1.807, 2.05) is 24.3 Å². The Morgan fingerprint density at radius 3 is 2.75 bits per heavy atom. The molecule has 1 saturated carbocycles. The predicted octanol–water partition coefficient (Wildman–Crippen LogP) is 1.65. The van der Waals surface area contributed by atoms with E-state index >= 15 is 0 Å². The molecule has 2 N–H and O–H groups in total. The molecule has 0 radical (unpaired) electrons. The van der Waals surface area contributed by atoms with Gasteiger partial charge in [-0.3, -0.25) is 9.69 Å². The van der Waals surface area contributed by atoms with Gasteiger partial charge in [-0.2, -0.15) is 0 Å². The van der Waals surface area contributed by atoms with Gasteiger partial charge >= 0.3 is 0 Å². The number of carbonyl (C=O) groups excluding carboxylic acids is 1. The molecular formula is C15H18N4O. The molecule has 2 heterocycles. The monoisotopic (exact) mass is 270 g/mol. The highest BCUT2D eigenvalue weighted by Gasteiger charge is 2.42. The fraction of sp³-hybridized carbons (Fsp3) is 0.467. The molecule has 2 aliphatic rings. The highest BCUT2D eigenvalue weighted by atomic mass is 16.2. The molecule has 1 amide bonds. The molecule has 0 saturated heterocycles. The third-order valence-corrected chi connectivity index (χ3v) is 4.59. The van der Waals surface area contributed by atoms with E-state index in [2.05, 4.69) is 9.55 Å². The number of aromatic nitrogens is 2. The molecule has 5 heteroatoms. The summed E-state index contributed by atoms with van der Waals surface area (Å²) in [7, 11) is 0. The van der Waals surface area contributed by atoms with E-state index in [9.17, 15) is 4.79 Å². The summed E-state index contributed by atoms with van der Waals surface area (Å²) in [6.07, 6.45) is 3.68. The van der Waals surface area contributed by atoms with Crippen LogP contribution >= 0.6 is 0 Å². The highest BCUT2D eigenvalue weighted by molar-refractivity contribution is 6.01. The molecule has 5 nitrogen and oxygen atoms in total. The Morgan fingerprint density at radius 2 is 1.95 bits per heavy atom. The highest BCUT2D eigenvalue weighted by Crippen LogP contribution is 2.33. The first-order valence-corrected chi connectivity index (χ1v) is 7.25. The topological polar surface area (TPSA) is 64.2 Å². The van der Waals surface area contributed by atoms with Crippen molar-refractivity contribution in [1.29, 1.82) is 0 Å². The molecule has 1 aromatic heterocycles. The second-order valence-corrected chi connectivity index (χ2v) is 5.87. The van der Waals surface area contributed by atoms with Crippen molar-refractivity contribution < 1.29 is 4.79 Å². The summed E-state index contributed by atoms with van der Waals surface area (Å²) < 4.78 is 2.12. The molecule has 0 spiro atoms. The Hall–Kier alpha value is -1.88. The number of anilines is 1. The van der Waals surface area contributed by atoms with Gasteiger partial charge in [0, 0.05) is 13.1 Å². The van der Waals surface area contributed by atoms with E-state index in [1.54, 1.807) is 4.90 Å². The summed E-state index contributed by atoms with van der Waals surface area (Å²) in [5.41, 5.74) is 7.67. The lowest BCUT2D eigenvalue weighted by molar-refractivity contribution is -0.123. The Morgan fingerprint density at radius 1 is 1.20 bits per heavy atom. The van der Waals surface area contributed by atoms with E-state index in [1.165, 1.54) is 0 Å². The van der Waals surface area contributed by atoms with E-state index in [-0.39, 0.29) is 5.91 Å². The lowest BCUT2D eigenvalue weighted by Crippen LogP contribution is -2.53. The number of fused-ring (bicyclic) bond motifs is 3. The minimum absolute atomic E-state index is 0.0454. The first-order chi connectivity index (χ1) is 9.69. The SMILES string of the molecule is NC1(C(=O)N2CCn3c2nc2ccccc23)CCCC1. The van der Waals surface area contributed by atoms with Crippen LogP contribution in [0.3, 0.4) is 0 Å². The third kappa shape index (κ3) is 1.53. The number of carbonyl (C=O) groups is 1. The van der Waals surface area contributed by atoms with Gasteiger partial charge in [0.2, 0.25) is 11.9 Å². The normalized spacial score (nSPS) is 20.6. The number of nitrogens with two attached hydrogens (primary N) is 1.